The van der Waals surface area contributed by atoms with E-state index in [9.17, 15) is 14.7 Å². The summed E-state index contributed by atoms with van der Waals surface area (Å²) >= 11 is 1.27. The van der Waals surface area contributed by atoms with Gasteiger partial charge in [0.25, 0.3) is 0 Å². The van der Waals surface area contributed by atoms with Gasteiger partial charge in [0.15, 0.2) is 5.54 Å². The minimum Gasteiger partial charge on any atom is -0.479 e. The van der Waals surface area contributed by atoms with E-state index >= 15 is 0 Å². The first-order valence-corrected chi connectivity index (χ1v) is 6.31. The molecule has 0 radical (unpaired) electrons. The average molecular weight is 271 g/mol. The summed E-state index contributed by atoms with van der Waals surface area (Å²) in [6, 6.07) is 3.40. The number of thiophene rings is 1. The first-order valence-electron chi connectivity index (χ1n) is 5.44. The summed E-state index contributed by atoms with van der Waals surface area (Å²) in [5, 5.41) is 13.4. The van der Waals surface area contributed by atoms with Crippen molar-refractivity contribution in [3.63, 3.8) is 0 Å². The molecule has 0 bridgehead atoms. The maximum Gasteiger partial charge on any atom is 0.408 e. The van der Waals surface area contributed by atoms with Crippen LogP contribution in [0, 0.1) is 0 Å². The van der Waals surface area contributed by atoms with Gasteiger partial charge in [-0.3, -0.25) is 0 Å². The number of carboxylic acid groups (broad SMARTS) is 1. The smallest absolute Gasteiger partial charge is 0.408 e. The number of hydrogen-bond acceptors (Lipinski definition) is 4. The normalized spacial score (nSPS) is 14.7. The Morgan fingerprint density at radius 3 is 2.33 bits per heavy atom. The molecule has 6 heteroatoms. The zero-order chi connectivity index (χ0) is 14.0. The van der Waals surface area contributed by atoms with Crippen LogP contribution in [0.2, 0.25) is 0 Å². The van der Waals surface area contributed by atoms with E-state index in [4.69, 9.17) is 4.74 Å². The minimum atomic E-state index is -1.48. The Labute approximate surface area is 110 Å². The fraction of sp³-hybridized carbons (Fsp3) is 0.500. The molecule has 0 aliphatic rings. The lowest BCUT2D eigenvalue weighted by molar-refractivity contribution is -0.144. The molecule has 100 valence electrons. The third-order valence-corrected chi connectivity index (χ3v) is 3.28. The van der Waals surface area contributed by atoms with Crippen LogP contribution in [0.1, 0.15) is 32.6 Å². The summed E-state index contributed by atoms with van der Waals surface area (Å²) < 4.78 is 5.07. The molecule has 0 saturated carbocycles. The van der Waals surface area contributed by atoms with Crippen LogP contribution in [-0.2, 0) is 15.1 Å². The van der Waals surface area contributed by atoms with Crippen LogP contribution in [0.3, 0.4) is 0 Å². The summed E-state index contributed by atoms with van der Waals surface area (Å²) in [4.78, 5) is 23.6. The van der Waals surface area contributed by atoms with Crippen LogP contribution in [-0.4, -0.2) is 22.8 Å². The zero-order valence-corrected chi connectivity index (χ0v) is 11.6. The molecule has 0 unspecified atom stereocenters. The van der Waals surface area contributed by atoms with Crippen molar-refractivity contribution in [2.24, 2.45) is 0 Å². The van der Waals surface area contributed by atoms with E-state index in [1.54, 1.807) is 38.3 Å². The number of rotatable bonds is 3. The number of aliphatic carboxylic acids is 1. The average Bonchev–Trinajstić information content (AvgIpc) is 2.66. The van der Waals surface area contributed by atoms with Crippen molar-refractivity contribution in [3.8, 4) is 0 Å². The molecule has 1 aromatic heterocycles. The van der Waals surface area contributed by atoms with E-state index in [1.165, 1.54) is 18.3 Å². The van der Waals surface area contributed by atoms with Crippen LogP contribution in [0.5, 0.6) is 0 Å². The maximum atomic E-state index is 11.7. The number of amides is 1. The van der Waals surface area contributed by atoms with Crippen molar-refractivity contribution in [1.29, 1.82) is 0 Å². The Kier molecular flexibility index (Phi) is 4.01. The molecule has 1 heterocycles. The Morgan fingerprint density at radius 2 is 1.94 bits per heavy atom. The molecule has 1 atom stereocenters. The van der Waals surface area contributed by atoms with E-state index in [0.717, 1.165) is 0 Å². The molecule has 18 heavy (non-hydrogen) atoms. The van der Waals surface area contributed by atoms with Crippen molar-refractivity contribution >= 4 is 23.4 Å². The van der Waals surface area contributed by atoms with Gasteiger partial charge in [-0.2, -0.15) is 0 Å². The van der Waals surface area contributed by atoms with Gasteiger partial charge in [0, 0.05) is 4.88 Å². The standard InChI is InChI=1S/C12H17NO4S/c1-11(2,3)17-10(16)13-12(4,9(14)15)8-6-5-7-18-8/h5-7H,1-4H3,(H,13,16)(H,14,15)/t12-/m0/s1. The van der Waals surface area contributed by atoms with Gasteiger partial charge < -0.3 is 15.2 Å². The second kappa shape index (κ2) is 4.97. The molecule has 2 N–H and O–H groups in total. The highest BCUT2D eigenvalue weighted by molar-refractivity contribution is 7.10. The molecule has 0 spiro atoms. The molecule has 0 fully saturated rings. The predicted octanol–water partition coefficient (Wildman–Crippen LogP) is 2.57. The van der Waals surface area contributed by atoms with Crippen molar-refractivity contribution in [2.75, 3.05) is 0 Å². The van der Waals surface area contributed by atoms with Gasteiger partial charge in [-0.05, 0) is 39.1 Å². The highest BCUT2D eigenvalue weighted by Crippen LogP contribution is 2.26. The highest BCUT2D eigenvalue weighted by Gasteiger charge is 2.39. The van der Waals surface area contributed by atoms with Crippen LogP contribution in [0.15, 0.2) is 17.5 Å². The largest absolute Gasteiger partial charge is 0.479 e. The van der Waals surface area contributed by atoms with Crippen LogP contribution < -0.4 is 5.32 Å². The van der Waals surface area contributed by atoms with Crippen molar-refractivity contribution in [3.05, 3.63) is 22.4 Å². The summed E-state index contributed by atoms with van der Waals surface area (Å²) in [7, 11) is 0. The summed E-state index contributed by atoms with van der Waals surface area (Å²) in [6.45, 7) is 6.59. The molecule has 0 aliphatic heterocycles. The lowest BCUT2D eigenvalue weighted by Gasteiger charge is -2.27. The number of hydrogen-bond donors (Lipinski definition) is 2. The van der Waals surface area contributed by atoms with Gasteiger partial charge in [0.1, 0.15) is 5.60 Å². The second-order valence-electron chi connectivity index (χ2n) is 5.03. The topological polar surface area (TPSA) is 75.6 Å². The number of carbonyl (C=O) groups is 2. The summed E-state index contributed by atoms with van der Waals surface area (Å²) in [5.41, 5.74) is -2.14. The number of carbonyl (C=O) groups excluding carboxylic acids is 1. The molecular weight excluding hydrogens is 254 g/mol. The fourth-order valence-electron chi connectivity index (χ4n) is 1.29. The number of alkyl carbamates (subject to hydrolysis) is 1. The molecule has 1 amide bonds. The predicted molar refractivity (Wildman–Crippen MR) is 68.7 cm³/mol. The summed E-state index contributed by atoms with van der Waals surface area (Å²) in [6.07, 6.45) is -0.749. The molecule has 5 nitrogen and oxygen atoms in total. The quantitative estimate of drug-likeness (QED) is 0.886. The van der Waals surface area contributed by atoms with E-state index < -0.39 is 23.2 Å². The van der Waals surface area contributed by atoms with Crippen LogP contribution in [0.4, 0.5) is 4.79 Å². The first-order chi connectivity index (χ1) is 8.15. The van der Waals surface area contributed by atoms with Gasteiger partial charge in [0.2, 0.25) is 0 Å². The first kappa shape index (κ1) is 14.5. The Morgan fingerprint density at radius 1 is 1.33 bits per heavy atom. The minimum absolute atomic E-state index is 0.542. The van der Waals surface area contributed by atoms with Gasteiger partial charge in [-0.25, -0.2) is 9.59 Å². The molecular formula is C12H17NO4S. The van der Waals surface area contributed by atoms with Gasteiger partial charge in [0.05, 0.1) is 0 Å². The molecule has 0 aliphatic carbocycles. The van der Waals surface area contributed by atoms with Gasteiger partial charge in [-0.15, -0.1) is 11.3 Å². The second-order valence-corrected chi connectivity index (χ2v) is 5.98. The van der Waals surface area contributed by atoms with Gasteiger partial charge in [-0.1, -0.05) is 6.07 Å². The van der Waals surface area contributed by atoms with Crippen molar-refractivity contribution in [2.45, 2.75) is 38.8 Å². The maximum absolute atomic E-state index is 11.7. The molecule has 0 saturated heterocycles. The zero-order valence-electron chi connectivity index (χ0n) is 10.8. The van der Waals surface area contributed by atoms with Crippen LogP contribution in [0.25, 0.3) is 0 Å². The lowest BCUT2D eigenvalue weighted by atomic mass is 10.0. The van der Waals surface area contributed by atoms with E-state index in [2.05, 4.69) is 5.32 Å². The Balaban J connectivity index is 2.89. The number of ether oxygens (including phenoxy) is 1. The molecule has 0 aromatic carbocycles. The van der Waals surface area contributed by atoms with E-state index in [1.807, 2.05) is 0 Å². The third kappa shape index (κ3) is 3.46. The van der Waals surface area contributed by atoms with Crippen molar-refractivity contribution < 1.29 is 19.4 Å². The fourth-order valence-corrected chi connectivity index (χ4v) is 2.13. The SMILES string of the molecule is CC(C)(C)OC(=O)N[C@](C)(C(=O)O)c1cccs1. The molecule has 1 aromatic rings. The van der Waals surface area contributed by atoms with Crippen molar-refractivity contribution in [1.82, 2.24) is 5.32 Å². The highest BCUT2D eigenvalue weighted by atomic mass is 32.1. The van der Waals surface area contributed by atoms with E-state index in [0.29, 0.717) is 4.88 Å². The monoisotopic (exact) mass is 271 g/mol. The number of nitrogens with one attached hydrogen (secondary N) is 1. The summed E-state index contributed by atoms with van der Waals surface area (Å²) in [5.74, 6) is -1.13. The Hall–Kier alpha value is -1.56. The van der Waals surface area contributed by atoms with Gasteiger partial charge >= 0.3 is 12.1 Å². The third-order valence-electron chi connectivity index (χ3n) is 2.19. The number of carboxylic acids is 1. The molecule has 1 rings (SSSR count). The Bertz CT molecular complexity index is 435. The van der Waals surface area contributed by atoms with E-state index in [-0.39, 0.29) is 0 Å². The lowest BCUT2D eigenvalue weighted by Crippen LogP contribution is -2.50. The van der Waals surface area contributed by atoms with Crippen LogP contribution >= 0.6 is 11.3 Å².